The van der Waals surface area contributed by atoms with Gasteiger partial charge in [-0.3, -0.25) is 0 Å². The highest BCUT2D eigenvalue weighted by atomic mass is 35.5. The molecule has 0 amide bonds. The van der Waals surface area contributed by atoms with Gasteiger partial charge in [-0.2, -0.15) is 0 Å². The van der Waals surface area contributed by atoms with Gasteiger partial charge in [0.2, 0.25) is 0 Å². The molecular weight excluding hydrogens is 325 g/mol. The summed E-state index contributed by atoms with van der Waals surface area (Å²) in [4.78, 5) is 0. The minimum absolute atomic E-state index is 0.376. The third-order valence-corrected chi connectivity index (χ3v) is 6.91. The summed E-state index contributed by atoms with van der Waals surface area (Å²) in [7, 11) is -3.25. The monoisotopic (exact) mass is 343 g/mol. The molecule has 0 aliphatic rings. The zero-order chi connectivity index (χ0) is 14.8. The van der Waals surface area contributed by atoms with E-state index >= 15 is 0 Å². The van der Waals surface area contributed by atoms with Crippen molar-refractivity contribution in [3.8, 4) is 0 Å². The molecular formula is C12H19Cl2NO2S2. The number of nitrogens with one attached hydrogen (secondary N) is 1. The number of hydrogen-bond acceptors (Lipinski definition) is 4. The zero-order valence-corrected chi connectivity index (χ0v) is 14.6. The third kappa shape index (κ3) is 3.85. The lowest BCUT2D eigenvalue weighted by Crippen LogP contribution is -2.45. The molecule has 0 saturated carbocycles. The van der Waals surface area contributed by atoms with Gasteiger partial charge in [0.1, 0.15) is 0 Å². The minimum atomic E-state index is -3.25. The molecule has 0 spiro atoms. The third-order valence-electron chi connectivity index (χ3n) is 3.24. The van der Waals surface area contributed by atoms with E-state index in [0.29, 0.717) is 15.2 Å². The molecule has 3 nitrogen and oxygen atoms in total. The van der Waals surface area contributed by atoms with Gasteiger partial charge in [-0.25, -0.2) is 8.42 Å². The van der Waals surface area contributed by atoms with E-state index in [0.717, 1.165) is 12.0 Å². The molecule has 0 saturated heterocycles. The summed E-state index contributed by atoms with van der Waals surface area (Å²) in [6, 6.07) is 1.37. The molecule has 0 fully saturated rings. The fraction of sp³-hybridized carbons (Fsp3) is 0.667. The standard InChI is InChI=1S/C12H19Cl2NO2S2/c1-5-6-15-10(12(2,3)19(4,16)17)8-7-9(13)18-11(8)14/h7,10,15H,5-6H2,1-4H3. The van der Waals surface area contributed by atoms with Gasteiger partial charge in [0, 0.05) is 11.8 Å². The maximum absolute atomic E-state index is 12.0. The van der Waals surface area contributed by atoms with Gasteiger partial charge < -0.3 is 5.32 Å². The first-order valence-electron chi connectivity index (χ1n) is 5.99. The Bertz CT molecular complexity index is 538. The Kier molecular flexibility index (Phi) is 5.72. The predicted octanol–water partition coefficient (Wildman–Crippen LogP) is 3.92. The van der Waals surface area contributed by atoms with Crippen molar-refractivity contribution in [3.05, 3.63) is 20.3 Å². The SMILES string of the molecule is CCCNC(c1cc(Cl)sc1Cl)C(C)(C)S(C)(=O)=O. The zero-order valence-electron chi connectivity index (χ0n) is 11.5. The molecule has 1 atom stereocenters. The predicted molar refractivity (Wildman–Crippen MR) is 84.3 cm³/mol. The Hall–Kier alpha value is 0.190. The van der Waals surface area contributed by atoms with Gasteiger partial charge in [0.05, 0.1) is 19.5 Å². The van der Waals surface area contributed by atoms with Crippen LogP contribution in [0.2, 0.25) is 8.67 Å². The van der Waals surface area contributed by atoms with Crippen molar-refractivity contribution in [2.24, 2.45) is 0 Å². The molecule has 7 heteroatoms. The number of rotatable bonds is 6. The highest BCUT2D eigenvalue weighted by Gasteiger charge is 2.41. The summed E-state index contributed by atoms with van der Waals surface area (Å²) in [6.45, 7) is 6.16. The van der Waals surface area contributed by atoms with Crippen LogP contribution < -0.4 is 5.32 Å². The van der Waals surface area contributed by atoms with E-state index < -0.39 is 14.6 Å². The van der Waals surface area contributed by atoms with E-state index in [9.17, 15) is 8.42 Å². The second kappa shape index (κ2) is 6.31. The van der Waals surface area contributed by atoms with Gasteiger partial charge in [-0.05, 0) is 32.9 Å². The van der Waals surface area contributed by atoms with Crippen molar-refractivity contribution in [3.63, 3.8) is 0 Å². The Morgan fingerprint density at radius 1 is 1.42 bits per heavy atom. The smallest absolute Gasteiger partial charge is 0.154 e. The largest absolute Gasteiger partial charge is 0.309 e. The van der Waals surface area contributed by atoms with Crippen LogP contribution in [0.1, 0.15) is 38.8 Å². The normalized spacial score (nSPS) is 14.6. The lowest BCUT2D eigenvalue weighted by molar-refractivity contribution is 0.421. The van der Waals surface area contributed by atoms with Crippen LogP contribution in [-0.4, -0.2) is 26.0 Å². The Morgan fingerprint density at radius 2 is 2.00 bits per heavy atom. The fourth-order valence-electron chi connectivity index (χ4n) is 1.78. The summed E-state index contributed by atoms with van der Waals surface area (Å²) in [5, 5.41) is 3.27. The molecule has 19 heavy (non-hydrogen) atoms. The summed E-state index contributed by atoms with van der Waals surface area (Å²) in [5.41, 5.74) is 0.751. The summed E-state index contributed by atoms with van der Waals surface area (Å²) < 4.78 is 24.2. The number of hydrogen-bond donors (Lipinski definition) is 1. The molecule has 0 aliphatic carbocycles. The van der Waals surface area contributed by atoms with Gasteiger partial charge in [0.15, 0.2) is 9.84 Å². The van der Waals surface area contributed by atoms with E-state index in [-0.39, 0.29) is 6.04 Å². The van der Waals surface area contributed by atoms with Gasteiger partial charge in [0.25, 0.3) is 0 Å². The van der Waals surface area contributed by atoms with Crippen molar-refractivity contribution < 1.29 is 8.42 Å². The molecule has 0 aliphatic heterocycles. The number of sulfone groups is 1. The quantitative estimate of drug-likeness (QED) is 0.851. The van der Waals surface area contributed by atoms with Gasteiger partial charge in [-0.15, -0.1) is 11.3 Å². The molecule has 1 aromatic rings. The Balaban J connectivity index is 3.26. The lowest BCUT2D eigenvalue weighted by atomic mass is 9.97. The molecule has 110 valence electrons. The first kappa shape index (κ1) is 17.2. The minimum Gasteiger partial charge on any atom is -0.309 e. The maximum Gasteiger partial charge on any atom is 0.154 e. The molecule has 0 aromatic carbocycles. The van der Waals surface area contributed by atoms with Crippen LogP contribution in [-0.2, 0) is 9.84 Å². The summed E-state index contributed by atoms with van der Waals surface area (Å²) in [5.74, 6) is 0. The van der Waals surface area contributed by atoms with E-state index in [1.165, 1.54) is 17.6 Å². The molecule has 1 rings (SSSR count). The van der Waals surface area contributed by atoms with E-state index in [1.807, 2.05) is 6.92 Å². The number of thiophene rings is 1. The van der Waals surface area contributed by atoms with E-state index in [4.69, 9.17) is 23.2 Å². The molecule has 1 unspecified atom stereocenters. The Labute approximate surface area is 129 Å². The fourth-order valence-corrected chi connectivity index (χ4v) is 3.95. The second-order valence-corrected chi connectivity index (χ2v) is 9.92. The van der Waals surface area contributed by atoms with Crippen LogP contribution in [0, 0.1) is 0 Å². The van der Waals surface area contributed by atoms with Crippen LogP contribution in [0.5, 0.6) is 0 Å². The highest BCUT2D eigenvalue weighted by molar-refractivity contribution is 7.92. The highest BCUT2D eigenvalue weighted by Crippen LogP contribution is 2.41. The van der Waals surface area contributed by atoms with Crippen molar-refractivity contribution in [1.29, 1.82) is 0 Å². The maximum atomic E-state index is 12.0. The van der Waals surface area contributed by atoms with Crippen LogP contribution in [0.3, 0.4) is 0 Å². The van der Waals surface area contributed by atoms with E-state index in [2.05, 4.69) is 5.32 Å². The second-order valence-electron chi connectivity index (χ2n) is 5.04. The molecule has 0 bridgehead atoms. The summed E-state index contributed by atoms with van der Waals surface area (Å²) in [6.07, 6.45) is 2.15. The van der Waals surface area contributed by atoms with Crippen LogP contribution in [0.25, 0.3) is 0 Å². The van der Waals surface area contributed by atoms with Crippen molar-refractivity contribution in [2.45, 2.75) is 38.0 Å². The topological polar surface area (TPSA) is 46.2 Å². The molecule has 1 aromatic heterocycles. The Morgan fingerprint density at radius 3 is 2.37 bits per heavy atom. The average molecular weight is 344 g/mol. The van der Waals surface area contributed by atoms with E-state index in [1.54, 1.807) is 19.9 Å². The van der Waals surface area contributed by atoms with Crippen molar-refractivity contribution in [2.75, 3.05) is 12.8 Å². The number of halogens is 2. The first-order chi connectivity index (χ1) is 8.61. The van der Waals surface area contributed by atoms with Crippen LogP contribution in [0.4, 0.5) is 0 Å². The lowest BCUT2D eigenvalue weighted by Gasteiger charge is -2.33. The molecule has 0 radical (unpaired) electrons. The van der Waals surface area contributed by atoms with Crippen molar-refractivity contribution >= 4 is 44.4 Å². The molecule has 1 N–H and O–H groups in total. The molecule has 1 heterocycles. The van der Waals surface area contributed by atoms with Crippen LogP contribution in [0.15, 0.2) is 6.07 Å². The first-order valence-corrected chi connectivity index (χ1v) is 9.45. The van der Waals surface area contributed by atoms with Gasteiger partial charge >= 0.3 is 0 Å². The average Bonchev–Trinajstić information content (AvgIpc) is 2.56. The summed E-state index contributed by atoms with van der Waals surface area (Å²) >= 11 is 13.4. The van der Waals surface area contributed by atoms with Gasteiger partial charge in [-0.1, -0.05) is 30.1 Å². The van der Waals surface area contributed by atoms with Crippen LogP contribution >= 0.6 is 34.5 Å². The van der Waals surface area contributed by atoms with Crippen molar-refractivity contribution in [1.82, 2.24) is 5.32 Å².